The Kier molecular flexibility index (Phi) is 5.49. The third kappa shape index (κ3) is 4.47. The lowest BCUT2D eigenvalue weighted by Crippen LogP contribution is -2.34. The van der Waals surface area contributed by atoms with Crippen LogP contribution in [-0.2, 0) is 16.0 Å². The number of hydrogen-bond donors (Lipinski definition) is 2. The molecule has 1 fully saturated rings. The maximum absolute atomic E-state index is 12.7. The molecular weight excluding hydrogens is 314 g/mol. The lowest BCUT2D eigenvalue weighted by molar-refractivity contribution is -0.141. The molecule has 4 nitrogen and oxygen atoms in total. The van der Waals surface area contributed by atoms with Crippen molar-refractivity contribution in [3.8, 4) is 0 Å². The van der Waals surface area contributed by atoms with Gasteiger partial charge in [0.05, 0.1) is 12.0 Å². The first-order chi connectivity index (χ1) is 12.1. The van der Waals surface area contributed by atoms with E-state index in [4.69, 9.17) is 5.11 Å². The number of aliphatic carboxylic acids is 1. The minimum atomic E-state index is -0.792. The van der Waals surface area contributed by atoms with Crippen LogP contribution in [0.15, 0.2) is 60.7 Å². The van der Waals surface area contributed by atoms with Crippen LogP contribution in [0, 0.1) is 11.8 Å². The second-order valence-corrected chi connectivity index (χ2v) is 6.71. The summed E-state index contributed by atoms with van der Waals surface area (Å²) in [6, 6.07) is 19.9. The summed E-state index contributed by atoms with van der Waals surface area (Å²) in [4.78, 5) is 23.8. The fourth-order valence-corrected chi connectivity index (χ4v) is 3.52. The average Bonchev–Trinajstić information content (AvgIpc) is 3.13. The molecule has 25 heavy (non-hydrogen) atoms. The van der Waals surface area contributed by atoms with E-state index in [1.165, 1.54) is 0 Å². The van der Waals surface area contributed by atoms with Crippen LogP contribution in [0.5, 0.6) is 0 Å². The normalized spacial score (nSPS) is 20.8. The minimum absolute atomic E-state index is 0.0338. The Morgan fingerprint density at radius 2 is 1.56 bits per heavy atom. The fourth-order valence-electron chi connectivity index (χ4n) is 3.52. The summed E-state index contributed by atoms with van der Waals surface area (Å²) in [6.07, 6.45) is 2.39. The summed E-state index contributed by atoms with van der Waals surface area (Å²) in [5, 5.41) is 12.3. The van der Waals surface area contributed by atoms with Crippen molar-refractivity contribution in [3.63, 3.8) is 0 Å². The number of carbonyl (C=O) groups is 2. The molecule has 0 aliphatic heterocycles. The molecule has 1 unspecified atom stereocenters. The molecule has 2 aromatic carbocycles. The van der Waals surface area contributed by atoms with E-state index < -0.39 is 5.97 Å². The van der Waals surface area contributed by atoms with Gasteiger partial charge in [0, 0.05) is 5.92 Å². The van der Waals surface area contributed by atoms with Crippen LogP contribution >= 0.6 is 0 Å². The molecule has 0 saturated heterocycles. The van der Waals surface area contributed by atoms with Crippen LogP contribution in [0.1, 0.15) is 36.4 Å². The first-order valence-electron chi connectivity index (χ1n) is 8.75. The molecule has 0 aromatic heterocycles. The van der Waals surface area contributed by atoms with E-state index in [0.717, 1.165) is 11.1 Å². The van der Waals surface area contributed by atoms with Crippen LogP contribution in [0.2, 0.25) is 0 Å². The smallest absolute Gasteiger partial charge is 0.306 e. The number of benzene rings is 2. The number of hydrogen-bond acceptors (Lipinski definition) is 2. The molecule has 2 aromatic rings. The molecule has 3 atom stereocenters. The molecule has 130 valence electrons. The largest absolute Gasteiger partial charge is 0.481 e. The Morgan fingerprint density at radius 1 is 0.960 bits per heavy atom. The van der Waals surface area contributed by atoms with E-state index in [9.17, 15) is 9.59 Å². The highest BCUT2D eigenvalue weighted by molar-refractivity contribution is 5.81. The molecule has 0 bridgehead atoms. The van der Waals surface area contributed by atoms with Crippen molar-refractivity contribution in [3.05, 3.63) is 71.8 Å². The Hall–Kier alpha value is -2.62. The third-order valence-electron chi connectivity index (χ3n) is 4.95. The van der Waals surface area contributed by atoms with E-state index in [1.54, 1.807) is 0 Å². The number of carboxylic acid groups (broad SMARTS) is 1. The fraction of sp³-hybridized carbons (Fsp3) is 0.333. The van der Waals surface area contributed by atoms with Gasteiger partial charge in [-0.05, 0) is 36.8 Å². The SMILES string of the molecule is O=C(O)[C@@H]1CC[C@H](C(=O)NC(Cc2ccccc2)c2ccccc2)C1. The Balaban J connectivity index is 1.71. The van der Waals surface area contributed by atoms with Gasteiger partial charge < -0.3 is 10.4 Å². The molecule has 4 heteroatoms. The molecule has 0 spiro atoms. The molecule has 0 heterocycles. The number of rotatable bonds is 6. The van der Waals surface area contributed by atoms with Gasteiger partial charge in [0.15, 0.2) is 0 Å². The quantitative estimate of drug-likeness (QED) is 0.846. The first kappa shape index (κ1) is 17.2. The Bertz CT molecular complexity index is 714. The van der Waals surface area contributed by atoms with Crippen LogP contribution in [-0.4, -0.2) is 17.0 Å². The maximum atomic E-state index is 12.7. The minimum Gasteiger partial charge on any atom is -0.481 e. The van der Waals surface area contributed by atoms with E-state index in [2.05, 4.69) is 17.4 Å². The molecule has 1 saturated carbocycles. The summed E-state index contributed by atoms with van der Waals surface area (Å²) in [5.74, 6) is -1.42. The average molecular weight is 337 g/mol. The van der Waals surface area contributed by atoms with Gasteiger partial charge in [-0.15, -0.1) is 0 Å². The summed E-state index contributed by atoms with van der Waals surface area (Å²) in [7, 11) is 0. The second-order valence-electron chi connectivity index (χ2n) is 6.71. The molecule has 1 amide bonds. The first-order valence-corrected chi connectivity index (χ1v) is 8.75. The highest BCUT2D eigenvalue weighted by atomic mass is 16.4. The van der Waals surface area contributed by atoms with Gasteiger partial charge in [0.1, 0.15) is 0 Å². The molecule has 3 rings (SSSR count). The highest BCUT2D eigenvalue weighted by Gasteiger charge is 2.34. The van der Waals surface area contributed by atoms with Gasteiger partial charge in [-0.1, -0.05) is 60.7 Å². The van der Waals surface area contributed by atoms with Gasteiger partial charge in [-0.25, -0.2) is 0 Å². The standard InChI is InChI=1S/C21H23NO3/c23-20(17-11-12-18(14-17)21(24)25)22-19(16-9-5-2-6-10-16)13-15-7-3-1-4-8-15/h1-10,17-19H,11-14H2,(H,22,23)(H,24,25)/t17-,18+,19?/m0/s1. The van der Waals surface area contributed by atoms with Gasteiger partial charge in [-0.2, -0.15) is 0 Å². The van der Waals surface area contributed by atoms with Gasteiger partial charge in [-0.3, -0.25) is 9.59 Å². The molecule has 1 aliphatic carbocycles. The zero-order chi connectivity index (χ0) is 17.6. The summed E-state index contributed by atoms with van der Waals surface area (Å²) >= 11 is 0. The van der Waals surface area contributed by atoms with Crippen molar-refractivity contribution in [2.75, 3.05) is 0 Å². The number of amides is 1. The molecule has 0 radical (unpaired) electrons. The van der Waals surface area contributed by atoms with Crippen molar-refractivity contribution in [1.82, 2.24) is 5.32 Å². The van der Waals surface area contributed by atoms with Crippen molar-refractivity contribution in [2.45, 2.75) is 31.7 Å². The number of carboxylic acids is 1. The van der Waals surface area contributed by atoms with Crippen LogP contribution in [0.25, 0.3) is 0 Å². The maximum Gasteiger partial charge on any atom is 0.306 e. The third-order valence-corrected chi connectivity index (χ3v) is 4.95. The van der Waals surface area contributed by atoms with E-state index in [0.29, 0.717) is 25.7 Å². The monoisotopic (exact) mass is 337 g/mol. The van der Waals surface area contributed by atoms with Crippen LogP contribution in [0.4, 0.5) is 0 Å². The van der Waals surface area contributed by atoms with Crippen molar-refractivity contribution < 1.29 is 14.7 Å². The number of carbonyl (C=O) groups excluding carboxylic acids is 1. The Labute approximate surface area is 147 Å². The van der Waals surface area contributed by atoms with Crippen LogP contribution < -0.4 is 5.32 Å². The van der Waals surface area contributed by atoms with Crippen molar-refractivity contribution >= 4 is 11.9 Å². The van der Waals surface area contributed by atoms with Crippen molar-refractivity contribution in [1.29, 1.82) is 0 Å². The number of nitrogens with one attached hydrogen (secondary N) is 1. The molecular formula is C21H23NO3. The van der Waals surface area contributed by atoms with Gasteiger partial charge in [0.2, 0.25) is 5.91 Å². The van der Waals surface area contributed by atoms with Crippen LogP contribution in [0.3, 0.4) is 0 Å². The zero-order valence-electron chi connectivity index (χ0n) is 14.1. The topological polar surface area (TPSA) is 66.4 Å². The lowest BCUT2D eigenvalue weighted by Gasteiger charge is -2.21. The molecule has 1 aliphatic rings. The Morgan fingerprint density at radius 3 is 2.16 bits per heavy atom. The second kappa shape index (κ2) is 7.97. The molecule has 2 N–H and O–H groups in total. The van der Waals surface area contributed by atoms with Gasteiger partial charge in [0.25, 0.3) is 0 Å². The lowest BCUT2D eigenvalue weighted by atomic mass is 9.97. The summed E-state index contributed by atoms with van der Waals surface area (Å²) < 4.78 is 0. The van der Waals surface area contributed by atoms with E-state index in [-0.39, 0.29) is 23.8 Å². The highest BCUT2D eigenvalue weighted by Crippen LogP contribution is 2.32. The van der Waals surface area contributed by atoms with E-state index >= 15 is 0 Å². The summed E-state index contributed by atoms with van der Waals surface area (Å²) in [5.41, 5.74) is 2.22. The van der Waals surface area contributed by atoms with E-state index in [1.807, 2.05) is 48.5 Å². The van der Waals surface area contributed by atoms with Crippen molar-refractivity contribution in [2.24, 2.45) is 11.8 Å². The predicted molar refractivity (Wildman–Crippen MR) is 95.9 cm³/mol. The predicted octanol–water partition coefficient (Wildman–Crippen LogP) is 3.59. The summed E-state index contributed by atoms with van der Waals surface area (Å²) in [6.45, 7) is 0. The zero-order valence-corrected chi connectivity index (χ0v) is 14.1. The van der Waals surface area contributed by atoms with Gasteiger partial charge >= 0.3 is 5.97 Å².